The van der Waals surface area contributed by atoms with Gasteiger partial charge in [-0.05, 0) is 37.2 Å². The topological polar surface area (TPSA) is 75.6 Å². The lowest BCUT2D eigenvalue weighted by atomic mass is 9.84. The highest BCUT2D eigenvalue weighted by molar-refractivity contribution is 5.68. The third-order valence-corrected chi connectivity index (χ3v) is 3.84. The van der Waals surface area contributed by atoms with Crippen molar-refractivity contribution in [3.63, 3.8) is 0 Å². The zero-order valence-corrected chi connectivity index (χ0v) is 12.0. The number of aliphatic carboxylic acids is 1. The minimum atomic E-state index is -0.742. The van der Waals surface area contributed by atoms with E-state index in [2.05, 4.69) is 5.32 Å². The van der Waals surface area contributed by atoms with E-state index in [9.17, 15) is 9.59 Å². The molecule has 0 heterocycles. The average molecular weight is 291 g/mol. The Morgan fingerprint density at radius 3 is 2.43 bits per heavy atom. The first kappa shape index (κ1) is 15.4. The molecule has 1 aliphatic carbocycles. The second kappa shape index (κ2) is 7.67. The lowest BCUT2D eigenvalue weighted by molar-refractivity contribution is -0.138. The van der Waals surface area contributed by atoms with Crippen LogP contribution in [0.4, 0.5) is 4.79 Å². The summed E-state index contributed by atoms with van der Waals surface area (Å²) in [7, 11) is 0. The Morgan fingerprint density at radius 2 is 1.81 bits per heavy atom. The molecular weight excluding hydrogens is 270 g/mol. The monoisotopic (exact) mass is 291 g/mol. The smallest absolute Gasteiger partial charge is 0.407 e. The van der Waals surface area contributed by atoms with Crippen LogP contribution in [-0.2, 0) is 16.1 Å². The molecule has 0 aromatic heterocycles. The fourth-order valence-corrected chi connectivity index (χ4v) is 2.69. The van der Waals surface area contributed by atoms with Crippen LogP contribution >= 0.6 is 0 Å². The van der Waals surface area contributed by atoms with Crippen LogP contribution in [0.15, 0.2) is 30.3 Å². The van der Waals surface area contributed by atoms with Crippen molar-refractivity contribution in [1.82, 2.24) is 5.32 Å². The van der Waals surface area contributed by atoms with Crippen LogP contribution in [0.3, 0.4) is 0 Å². The van der Waals surface area contributed by atoms with Crippen LogP contribution in [0, 0.1) is 5.92 Å². The van der Waals surface area contributed by atoms with Gasteiger partial charge in [-0.2, -0.15) is 0 Å². The van der Waals surface area contributed by atoms with Crippen molar-refractivity contribution in [2.24, 2.45) is 5.92 Å². The SMILES string of the molecule is O=C(O)CC1CCC(NC(=O)OCc2ccccc2)CC1. The molecule has 0 bridgehead atoms. The quantitative estimate of drug-likeness (QED) is 0.874. The summed E-state index contributed by atoms with van der Waals surface area (Å²) < 4.78 is 5.18. The Kier molecular flexibility index (Phi) is 5.60. The Bertz CT molecular complexity index is 466. The van der Waals surface area contributed by atoms with Crippen LogP contribution in [-0.4, -0.2) is 23.2 Å². The highest BCUT2D eigenvalue weighted by atomic mass is 16.5. The lowest BCUT2D eigenvalue weighted by Gasteiger charge is -2.27. The predicted molar refractivity (Wildman–Crippen MR) is 77.8 cm³/mol. The van der Waals surface area contributed by atoms with Gasteiger partial charge in [-0.25, -0.2) is 4.79 Å². The Hall–Kier alpha value is -2.04. The first-order valence-corrected chi connectivity index (χ1v) is 7.32. The third-order valence-electron chi connectivity index (χ3n) is 3.84. The number of alkyl carbamates (subject to hydrolysis) is 1. The van der Waals surface area contributed by atoms with E-state index in [4.69, 9.17) is 9.84 Å². The summed E-state index contributed by atoms with van der Waals surface area (Å²) in [5.41, 5.74) is 0.956. The Labute approximate surface area is 124 Å². The molecule has 0 saturated heterocycles. The standard InChI is InChI=1S/C16H21NO4/c18-15(19)10-12-6-8-14(9-7-12)17-16(20)21-11-13-4-2-1-3-5-13/h1-5,12,14H,6-11H2,(H,17,20)(H,18,19). The largest absolute Gasteiger partial charge is 0.481 e. The van der Waals surface area contributed by atoms with E-state index in [1.807, 2.05) is 30.3 Å². The molecule has 1 amide bonds. The maximum atomic E-state index is 11.7. The van der Waals surface area contributed by atoms with Gasteiger partial charge in [-0.3, -0.25) is 4.79 Å². The predicted octanol–water partition coefficient (Wildman–Crippen LogP) is 2.95. The molecule has 2 N–H and O–H groups in total. The number of carbonyl (C=O) groups is 2. The van der Waals surface area contributed by atoms with E-state index < -0.39 is 12.1 Å². The zero-order chi connectivity index (χ0) is 15.1. The molecule has 0 aliphatic heterocycles. The Morgan fingerprint density at radius 1 is 1.14 bits per heavy atom. The number of carboxylic acid groups (broad SMARTS) is 1. The van der Waals surface area contributed by atoms with Crippen molar-refractivity contribution < 1.29 is 19.4 Å². The molecule has 1 aliphatic rings. The molecule has 114 valence electrons. The molecule has 0 atom stereocenters. The molecular formula is C16H21NO4. The van der Waals surface area contributed by atoms with Crippen LogP contribution in [0.1, 0.15) is 37.7 Å². The number of hydrogen-bond donors (Lipinski definition) is 2. The number of nitrogens with one attached hydrogen (secondary N) is 1. The van der Waals surface area contributed by atoms with Gasteiger partial charge in [0.2, 0.25) is 0 Å². The van der Waals surface area contributed by atoms with Gasteiger partial charge in [0.1, 0.15) is 6.61 Å². The summed E-state index contributed by atoms with van der Waals surface area (Å²) in [5.74, 6) is -0.505. The second-order valence-corrected chi connectivity index (χ2v) is 5.52. The molecule has 1 aromatic carbocycles. The molecule has 0 spiro atoms. The summed E-state index contributed by atoms with van der Waals surface area (Å²) in [6.45, 7) is 0.265. The summed E-state index contributed by atoms with van der Waals surface area (Å²) in [5, 5.41) is 11.6. The second-order valence-electron chi connectivity index (χ2n) is 5.52. The molecule has 5 heteroatoms. The van der Waals surface area contributed by atoms with Crippen molar-refractivity contribution >= 4 is 12.1 Å². The van der Waals surface area contributed by atoms with Crippen molar-refractivity contribution in [2.45, 2.75) is 44.8 Å². The molecule has 0 radical (unpaired) electrons. The van der Waals surface area contributed by atoms with E-state index in [1.54, 1.807) is 0 Å². The normalized spacial score (nSPS) is 21.5. The van der Waals surface area contributed by atoms with Crippen LogP contribution in [0.5, 0.6) is 0 Å². The van der Waals surface area contributed by atoms with Gasteiger partial charge in [0.05, 0.1) is 0 Å². The number of carbonyl (C=O) groups excluding carboxylic acids is 1. The highest BCUT2D eigenvalue weighted by Gasteiger charge is 2.24. The fraction of sp³-hybridized carbons (Fsp3) is 0.500. The van der Waals surface area contributed by atoms with Gasteiger partial charge in [0.15, 0.2) is 0 Å². The van der Waals surface area contributed by atoms with Gasteiger partial charge in [-0.1, -0.05) is 30.3 Å². The van der Waals surface area contributed by atoms with Crippen LogP contribution < -0.4 is 5.32 Å². The van der Waals surface area contributed by atoms with Crippen molar-refractivity contribution in [2.75, 3.05) is 0 Å². The summed E-state index contributed by atoms with van der Waals surface area (Å²) >= 11 is 0. The maximum Gasteiger partial charge on any atom is 0.407 e. The molecule has 1 aromatic rings. The molecule has 1 saturated carbocycles. The average Bonchev–Trinajstić information content (AvgIpc) is 2.48. The number of rotatable bonds is 5. The Balaban J connectivity index is 1.66. The number of amides is 1. The van der Waals surface area contributed by atoms with Crippen molar-refractivity contribution in [1.29, 1.82) is 0 Å². The van der Waals surface area contributed by atoms with E-state index in [0.29, 0.717) is 0 Å². The van der Waals surface area contributed by atoms with Gasteiger partial charge in [0.25, 0.3) is 0 Å². The minimum absolute atomic E-state index is 0.0957. The van der Waals surface area contributed by atoms with Crippen molar-refractivity contribution in [3.8, 4) is 0 Å². The molecule has 2 rings (SSSR count). The highest BCUT2D eigenvalue weighted by Crippen LogP contribution is 2.26. The van der Waals surface area contributed by atoms with Crippen molar-refractivity contribution in [3.05, 3.63) is 35.9 Å². The molecule has 5 nitrogen and oxygen atoms in total. The third kappa shape index (κ3) is 5.45. The maximum absolute atomic E-state index is 11.7. The van der Waals surface area contributed by atoms with E-state index in [-0.39, 0.29) is 25.0 Å². The summed E-state index contributed by atoms with van der Waals surface area (Å²) in [4.78, 5) is 22.4. The first-order chi connectivity index (χ1) is 10.1. The molecule has 1 fully saturated rings. The lowest BCUT2D eigenvalue weighted by Crippen LogP contribution is -2.38. The van der Waals surface area contributed by atoms with Gasteiger partial charge >= 0.3 is 12.1 Å². The first-order valence-electron chi connectivity index (χ1n) is 7.32. The fourth-order valence-electron chi connectivity index (χ4n) is 2.69. The number of benzene rings is 1. The number of carboxylic acids is 1. The summed E-state index contributed by atoms with van der Waals surface area (Å²) in [6, 6.07) is 9.63. The molecule has 21 heavy (non-hydrogen) atoms. The zero-order valence-electron chi connectivity index (χ0n) is 12.0. The van der Waals surface area contributed by atoms with Crippen LogP contribution in [0.25, 0.3) is 0 Å². The van der Waals surface area contributed by atoms with Gasteiger partial charge < -0.3 is 15.2 Å². The van der Waals surface area contributed by atoms with E-state index in [0.717, 1.165) is 31.2 Å². The molecule has 0 unspecified atom stereocenters. The van der Waals surface area contributed by atoms with E-state index in [1.165, 1.54) is 0 Å². The van der Waals surface area contributed by atoms with Gasteiger partial charge in [-0.15, -0.1) is 0 Å². The van der Waals surface area contributed by atoms with Gasteiger partial charge in [0, 0.05) is 12.5 Å². The number of hydrogen-bond acceptors (Lipinski definition) is 3. The van der Waals surface area contributed by atoms with Crippen LogP contribution in [0.2, 0.25) is 0 Å². The van der Waals surface area contributed by atoms with E-state index >= 15 is 0 Å². The minimum Gasteiger partial charge on any atom is -0.481 e. The summed E-state index contributed by atoms with van der Waals surface area (Å²) in [6.07, 6.45) is 3.15. The number of ether oxygens (including phenoxy) is 1.